The highest BCUT2D eigenvalue weighted by Crippen LogP contribution is 2.37. The number of nitriles is 1. The number of carbonyl (C=O) groups is 3. The van der Waals surface area contributed by atoms with Crippen LogP contribution in [0.15, 0.2) is 36.4 Å². The Balaban J connectivity index is 1.12. The molecule has 3 aliphatic heterocycles. The number of halogens is 1. The van der Waals surface area contributed by atoms with E-state index in [2.05, 4.69) is 16.3 Å². The molecule has 38 heavy (non-hydrogen) atoms. The Morgan fingerprint density at radius 3 is 2.63 bits per heavy atom. The molecular weight excluding hydrogens is 487 g/mol. The molecule has 6 rings (SSSR count). The monoisotopic (exact) mass is 516 g/mol. The number of piperidine rings is 1. The normalized spacial score (nSPS) is 25.9. The van der Waals surface area contributed by atoms with Crippen molar-refractivity contribution in [3.8, 4) is 11.8 Å². The molecule has 0 spiro atoms. The molecule has 1 saturated carbocycles. The summed E-state index contributed by atoms with van der Waals surface area (Å²) in [4.78, 5) is 40.8. The highest BCUT2D eigenvalue weighted by Gasteiger charge is 2.41. The molecule has 1 unspecified atom stereocenters. The van der Waals surface area contributed by atoms with Gasteiger partial charge in [0.15, 0.2) is 0 Å². The molecule has 8 nitrogen and oxygen atoms in total. The van der Waals surface area contributed by atoms with E-state index in [4.69, 9.17) is 4.74 Å². The van der Waals surface area contributed by atoms with Crippen molar-refractivity contribution in [1.82, 2.24) is 15.1 Å². The Bertz CT molecular complexity index is 1350. The smallest absolute Gasteiger partial charge is 0.255 e. The Labute approximate surface area is 220 Å². The Hall–Kier alpha value is -3.77. The van der Waals surface area contributed by atoms with Crippen molar-refractivity contribution in [1.29, 1.82) is 5.26 Å². The Morgan fingerprint density at radius 1 is 1.03 bits per heavy atom. The number of hydrogen-bond donors (Lipinski definition) is 1. The Kier molecular flexibility index (Phi) is 6.36. The summed E-state index contributed by atoms with van der Waals surface area (Å²) in [6.45, 7) is 1.94. The highest BCUT2D eigenvalue weighted by molar-refractivity contribution is 6.05. The molecule has 3 amide bonds. The van der Waals surface area contributed by atoms with Crippen molar-refractivity contribution in [3.63, 3.8) is 0 Å². The number of nitrogens with zero attached hydrogens (tertiary/aromatic N) is 3. The van der Waals surface area contributed by atoms with Crippen LogP contribution in [-0.4, -0.2) is 58.8 Å². The fourth-order valence-electron chi connectivity index (χ4n) is 6.39. The van der Waals surface area contributed by atoms with Crippen molar-refractivity contribution in [2.24, 2.45) is 0 Å². The van der Waals surface area contributed by atoms with E-state index in [0.29, 0.717) is 29.8 Å². The van der Waals surface area contributed by atoms with Gasteiger partial charge in [-0.05, 0) is 67.1 Å². The first-order valence-corrected chi connectivity index (χ1v) is 13.3. The second-order valence-corrected chi connectivity index (χ2v) is 10.7. The number of amides is 3. The molecule has 2 aromatic rings. The van der Waals surface area contributed by atoms with E-state index in [1.165, 1.54) is 12.1 Å². The van der Waals surface area contributed by atoms with Crippen LogP contribution in [0.25, 0.3) is 0 Å². The van der Waals surface area contributed by atoms with Crippen LogP contribution in [0.2, 0.25) is 0 Å². The van der Waals surface area contributed by atoms with Crippen molar-refractivity contribution >= 4 is 17.7 Å². The van der Waals surface area contributed by atoms with Gasteiger partial charge in [-0.2, -0.15) is 5.26 Å². The molecule has 3 atom stereocenters. The summed E-state index contributed by atoms with van der Waals surface area (Å²) < 4.78 is 20.1. The average Bonchev–Trinajstić information content (AvgIpc) is 3.20. The summed E-state index contributed by atoms with van der Waals surface area (Å²) in [7, 11) is 0. The van der Waals surface area contributed by atoms with E-state index in [1.54, 1.807) is 17.0 Å². The highest BCUT2D eigenvalue weighted by atomic mass is 19.1. The van der Waals surface area contributed by atoms with Crippen molar-refractivity contribution < 1.29 is 23.5 Å². The molecule has 0 aromatic heterocycles. The minimum Gasteiger partial charge on any atom is -0.489 e. The van der Waals surface area contributed by atoms with E-state index in [0.717, 1.165) is 49.9 Å². The number of ether oxygens (including phenoxy) is 1. The summed E-state index contributed by atoms with van der Waals surface area (Å²) >= 11 is 0. The van der Waals surface area contributed by atoms with Gasteiger partial charge in [-0.15, -0.1) is 0 Å². The predicted molar refractivity (Wildman–Crippen MR) is 135 cm³/mol. The van der Waals surface area contributed by atoms with Gasteiger partial charge in [-0.3, -0.25) is 24.6 Å². The quantitative estimate of drug-likeness (QED) is 0.612. The van der Waals surface area contributed by atoms with E-state index < -0.39 is 17.8 Å². The van der Waals surface area contributed by atoms with Gasteiger partial charge in [0.05, 0.1) is 11.6 Å². The van der Waals surface area contributed by atoms with E-state index in [-0.39, 0.29) is 36.3 Å². The van der Waals surface area contributed by atoms with Gasteiger partial charge in [-0.25, -0.2) is 4.39 Å². The topological polar surface area (TPSA) is 103 Å². The maximum atomic E-state index is 13.6. The summed E-state index contributed by atoms with van der Waals surface area (Å²) in [6.07, 6.45) is 4.75. The second-order valence-electron chi connectivity index (χ2n) is 10.7. The molecular formula is C29H29FN4O4. The fourth-order valence-corrected chi connectivity index (χ4v) is 6.39. The largest absolute Gasteiger partial charge is 0.489 e. The second kappa shape index (κ2) is 9.84. The maximum Gasteiger partial charge on any atom is 0.255 e. The fraction of sp³-hybridized carbons (Fsp3) is 0.448. The van der Waals surface area contributed by atoms with Crippen molar-refractivity contribution in [2.45, 2.75) is 69.2 Å². The molecule has 2 aromatic carbocycles. The first-order chi connectivity index (χ1) is 18.4. The number of fused-ring (bicyclic) bond motifs is 1. The third-order valence-corrected chi connectivity index (χ3v) is 8.40. The number of benzene rings is 2. The zero-order valence-corrected chi connectivity index (χ0v) is 21.0. The van der Waals surface area contributed by atoms with Crippen LogP contribution < -0.4 is 10.1 Å². The van der Waals surface area contributed by atoms with E-state index in [9.17, 15) is 24.0 Å². The SMILES string of the molecule is N#Cc1cc(F)ccc1C1CN([C@@H]2CCCC[C@@H]2Oc2ccc3c(c2)CN(C2CCC(=O)NC2=O)C3=O)C1. The van der Waals surface area contributed by atoms with Gasteiger partial charge < -0.3 is 9.64 Å². The standard InChI is InChI=1S/C29H29FN4O4/c30-20-5-7-22(17(11-20)13-31)19-14-33(15-19)24-3-1-2-4-26(24)38-21-6-8-23-18(12-21)16-34(29(23)37)25-9-10-27(35)32-28(25)36/h5-8,11-12,19,24-26H,1-4,9-10,14-16H2,(H,32,35,36)/t24-,25?,26+/m1/s1. The van der Waals surface area contributed by atoms with Crippen molar-refractivity contribution in [2.75, 3.05) is 13.1 Å². The Morgan fingerprint density at radius 2 is 1.84 bits per heavy atom. The molecule has 196 valence electrons. The molecule has 2 saturated heterocycles. The van der Waals surface area contributed by atoms with Gasteiger partial charge >= 0.3 is 0 Å². The molecule has 4 aliphatic rings. The van der Waals surface area contributed by atoms with Gasteiger partial charge in [-0.1, -0.05) is 12.5 Å². The molecule has 3 heterocycles. The minimum absolute atomic E-state index is 0.00903. The molecule has 3 fully saturated rings. The first-order valence-electron chi connectivity index (χ1n) is 13.3. The lowest BCUT2D eigenvalue weighted by atomic mass is 9.83. The lowest BCUT2D eigenvalue weighted by Gasteiger charge is -2.48. The summed E-state index contributed by atoms with van der Waals surface area (Å²) in [6, 6.07) is 11.7. The molecule has 9 heteroatoms. The third kappa shape index (κ3) is 4.43. The zero-order valence-electron chi connectivity index (χ0n) is 21.0. The van der Waals surface area contributed by atoms with Crippen molar-refractivity contribution in [3.05, 3.63) is 64.5 Å². The van der Waals surface area contributed by atoms with Gasteiger partial charge in [0.1, 0.15) is 23.7 Å². The summed E-state index contributed by atoms with van der Waals surface area (Å²) in [5.74, 6) is -0.388. The van der Waals surface area contributed by atoms with Gasteiger partial charge in [0, 0.05) is 43.6 Å². The first kappa shape index (κ1) is 24.6. The summed E-state index contributed by atoms with van der Waals surface area (Å²) in [5, 5.41) is 11.8. The molecule has 0 radical (unpaired) electrons. The molecule has 0 bridgehead atoms. The zero-order chi connectivity index (χ0) is 26.4. The lowest BCUT2D eigenvalue weighted by Crippen LogP contribution is -2.57. The lowest BCUT2D eigenvalue weighted by molar-refractivity contribution is -0.136. The molecule has 1 N–H and O–H groups in total. The van der Waals surface area contributed by atoms with Crippen LogP contribution in [0.1, 0.15) is 71.5 Å². The van der Waals surface area contributed by atoms with Gasteiger partial charge in [0.2, 0.25) is 11.8 Å². The maximum absolute atomic E-state index is 13.6. The van der Waals surface area contributed by atoms with Crippen LogP contribution in [0.4, 0.5) is 4.39 Å². The van der Waals surface area contributed by atoms with E-state index in [1.807, 2.05) is 12.1 Å². The van der Waals surface area contributed by atoms with E-state index >= 15 is 0 Å². The number of carbonyl (C=O) groups excluding carboxylic acids is 3. The number of likely N-dealkylation sites (tertiary alicyclic amines) is 1. The predicted octanol–water partition coefficient (Wildman–Crippen LogP) is 3.25. The third-order valence-electron chi connectivity index (χ3n) is 8.40. The van der Waals surface area contributed by atoms with Crippen LogP contribution in [0.3, 0.4) is 0 Å². The molecule has 1 aliphatic carbocycles. The average molecular weight is 517 g/mol. The number of imide groups is 1. The minimum atomic E-state index is -0.637. The number of rotatable bonds is 5. The van der Waals surface area contributed by atoms with Crippen LogP contribution in [0, 0.1) is 17.1 Å². The summed E-state index contributed by atoms with van der Waals surface area (Å²) in [5.41, 5.74) is 2.71. The number of hydrogen-bond acceptors (Lipinski definition) is 6. The van der Waals surface area contributed by atoms with Crippen LogP contribution in [0.5, 0.6) is 5.75 Å². The van der Waals surface area contributed by atoms with Gasteiger partial charge in [0.25, 0.3) is 5.91 Å². The number of nitrogens with one attached hydrogen (secondary N) is 1. The van der Waals surface area contributed by atoms with Crippen LogP contribution in [-0.2, 0) is 16.1 Å². The van der Waals surface area contributed by atoms with Crippen LogP contribution >= 0.6 is 0 Å².